The SMILES string of the molecule is CCC(C)N1CCC(C)(CN2CC(OC)C2)CC1. The Kier molecular flexibility index (Phi) is 4.68. The molecule has 0 aromatic carbocycles. The van der Waals surface area contributed by atoms with Gasteiger partial charge in [0.1, 0.15) is 0 Å². The van der Waals surface area contributed by atoms with Gasteiger partial charge >= 0.3 is 0 Å². The summed E-state index contributed by atoms with van der Waals surface area (Å²) in [5.41, 5.74) is 0.530. The van der Waals surface area contributed by atoms with Gasteiger partial charge < -0.3 is 9.64 Å². The van der Waals surface area contributed by atoms with Crippen molar-refractivity contribution in [3.63, 3.8) is 0 Å². The second-order valence-corrected chi connectivity index (χ2v) is 6.66. The van der Waals surface area contributed by atoms with Gasteiger partial charge in [-0.2, -0.15) is 0 Å². The number of methoxy groups -OCH3 is 1. The lowest BCUT2D eigenvalue weighted by molar-refractivity contribution is -0.0551. The van der Waals surface area contributed by atoms with Gasteiger partial charge in [-0.25, -0.2) is 0 Å². The van der Waals surface area contributed by atoms with Crippen molar-refractivity contribution in [1.82, 2.24) is 9.80 Å². The van der Waals surface area contributed by atoms with Crippen LogP contribution in [0.4, 0.5) is 0 Å². The first kappa shape index (κ1) is 14.3. The first-order valence-corrected chi connectivity index (χ1v) is 7.55. The van der Waals surface area contributed by atoms with E-state index in [1.807, 2.05) is 7.11 Å². The molecule has 0 amide bonds. The van der Waals surface area contributed by atoms with Gasteiger partial charge in [0.2, 0.25) is 0 Å². The maximum Gasteiger partial charge on any atom is 0.0824 e. The van der Waals surface area contributed by atoms with Crippen LogP contribution in [0.2, 0.25) is 0 Å². The fourth-order valence-corrected chi connectivity index (χ4v) is 3.26. The van der Waals surface area contributed by atoms with Crippen LogP contribution in [-0.4, -0.2) is 61.8 Å². The zero-order chi connectivity index (χ0) is 13.2. The zero-order valence-electron chi connectivity index (χ0n) is 12.6. The molecule has 0 spiro atoms. The molecule has 106 valence electrons. The number of rotatable bonds is 5. The van der Waals surface area contributed by atoms with Crippen LogP contribution in [0.3, 0.4) is 0 Å². The topological polar surface area (TPSA) is 15.7 Å². The molecule has 2 aliphatic rings. The lowest BCUT2D eigenvalue weighted by Crippen LogP contribution is -2.56. The molecule has 18 heavy (non-hydrogen) atoms. The Morgan fingerprint density at radius 2 is 1.89 bits per heavy atom. The highest BCUT2D eigenvalue weighted by atomic mass is 16.5. The van der Waals surface area contributed by atoms with Crippen LogP contribution >= 0.6 is 0 Å². The van der Waals surface area contributed by atoms with Crippen molar-refractivity contribution in [2.24, 2.45) is 5.41 Å². The van der Waals surface area contributed by atoms with Crippen molar-refractivity contribution < 1.29 is 4.74 Å². The molecule has 1 atom stereocenters. The van der Waals surface area contributed by atoms with Crippen molar-refractivity contribution in [1.29, 1.82) is 0 Å². The summed E-state index contributed by atoms with van der Waals surface area (Å²) in [7, 11) is 1.83. The van der Waals surface area contributed by atoms with Gasteiger partial charge in [-0.3, -0.25) is 4.90 Å². The molecule has 2 heterocycles. The van der Waals surface area contributed by atoms with E-state index < -0.39 is 0 Å². The maximum atomic E-state index is 5.35. The van der Waals surface area contributed by atoms with Crippen LogP contribution in [0.5, 0.6) is 0 Å². The van der Waals surface area contributed by atoms with Gasteiger partial charge in [0.25, 0.3) is 0 Å². The molecule has 0 radical (unpaired) electrons. The standard InChI is InChI=1S/C15H30N2O/c1-5-13(2)17-8-6-15(3,7-9-17)12-16-10-14(11-16)18-4/h13-14H,5-12H2,1-4H3. The van der Waals surface area contributed by atoms with E-state index in [1.165, 1.54) is 38.9 Å². The quantitative estimate of drug-likeness (QED) is 0.748. The van der Waals surface area contributed by atoms with Crippen molar-refractivity contribution in [2.45, 2.75) is 52.2 Å². The van der Waals surface area contributed by atoms with Crippen LogP contribution < -0.4 is 0 Å². The molecule has 2 aliphatic heterocycles. The van der Waals surface area contributed by atoms with Crippen LogP contribution in [0, 0.1) is 5.41 Å². The van der Waals surface area contributed by atoms with E-state index in [9.17, 15) is 0 Å². The highest BCUT2D eigenvalue weighted by Gasteiger charge is 2.36. The largest absolute Gasteiger partial charge is 0.379 e. The molecule has 1 unspecified atom stereocenters. The van der Waals surface area contributed by atoms with Crippen LogP contribution in [0.1, 0.15) is 40.0 Å². The predicted octanol–water partition coefficient (Wildman–Crippen LogP) is 2.22. The van der Waals surface area contributed by atoms with Crippen molar-refractivity contribution in [3.8, 4) is 0 Å². The van der Waals surface area contributed by atoms with Gasteiger partial charge in [0, 0.05) is 32.8 Å². The third kappa shape index (κ3) is 3.25. The number of nitrogens with zero attached hydrogens (tertiary/aromatic N) is 2. The summed E-state index contributed by atoms with van der Waals surface area (Å²) in [6.45, 7) is 13.2. The normalized spacial score (nSPS) is 28.0. The van der Waals surface area contributed by atoms with Gasteiger partial charge in [-0.05, 0) is 44.7 Å². The average Bonchev–Trinajstić information content (AvgIpc) is 2.33. The lowest BCUT2D eigenvalue weighted by Gasteiger charge is -2.47. The summed E-state index contributed by atoms with van der Waals surface area (Å²) in [6.07, 6.45) is 4.48. The molecule has 0 aliphatic carbocycles. The van der Waals surface area contributed by atoms with Crippen molar-refractivity contribution >= 4 is 0 Å². The number of hydrogen-bond donors (Lipinski definition) is 0. The Bertz CT molecular complexity index is 255. The summed E-state index contributed by atoms with van der Waals surface area (Å²) in [5, 5.41) is 0. The minimum absolute atomic E-state index is 0.494. The van der Waals surface area contributed by atoms with E-state index in [2.05, 4.69) is 30.6 Å². The van der Waals surface area contributed by atoms with Gasteiger partial charge in [-0.1, -0.05) is 13.8 Å². The average molecular weight is 254 g/mol. The molecule has 0 aromatic heterocycles. The minimum atomic E-state index is 0.494. The summed E-state index contributed by atoms with van der Waals surface area (Å²) < 4.78 is 5.35. The number of likely N-dealkylation sites (tertiary alicyclic amines) is 2. The van der Waals surface area contributed by atoms with Crippen LogP contribution in [-0.2, 0) is 4.74 Å². The maximum absolute atomic E-state index is 5.35. The lowest BCUT2D eigenvalue weighted by atomic mass is 9.79. The van der Waals surface area contributed by atoms with E-state index >= 15 is 0 Å². The molecule has 0 aromatic rings. The predicted molar refractivity (Wildman–Crippen MR) is 75.9 cm³/mol. The molecule has 2 rings (SSSR count). The van der Waals surface area contributed by atoms with E-state index in [0.29, 0.717) is 11.5 Å². The fraction of sp³-hybridized carbons (Fsp3) is 1.00. The molecule has 3 heteroatoms. The second-order valence-electron chi connectivity index (χ2n) is 6.66. The fourth-order valence-electron chi connectivity index (χ4n) is 3.26. The summed E-state index contributed by atoms with van der Waals surface area (Å²) in [5.74, 6) is 0. The number of hydrogen-bond acceptors (Lipinski definition) is 3. The van der Waals surface area contributed by atoms with Crippen LogP contribution in [0.25, 0.3) is 0 Å². The smallest absolute Gasteiger partial charge is 0.0824 e. The Morgan fingerprint density at radius 1 is 1.28 bits per heavy atom. The first-order chi connectivity index (χ1) is 8.56. The second kappa shape index (κ2) is 5.89. The molecule has 3 nitrogen and oxygen atoms in total. The van der Waals surface area contributed by atoms with E-state index in [4.69, 9.17) is 4.74 Å². The molecule has 0 saturated carbocycles. The van der Waals surface area contributed by atoms with Gasteiger partial charge in [0.05, 0.1) is 6.10 Å². The number of ether oxygens (including phenoxy) is 1. The first-order valence-electron chi connectivity index (χ1n) is 7.55. The molecular weight excluding hydrogens is 224 g/mol. The Balaban J connectivity index is 1.74. The van der Waals surface area contributed by atoms with E-state index in [0.717, 1.165) is 19.1 Å². The highest BCUT2D eigenvalue weighted by Crippen LogP contribution is 2.34. The Labute approximate surface area is 112 Å². The van der Waals surface area contributed by atoms with Crippen LogP contribution in [0.15, 0.2) is 0 Å². The van der Waals surface area contributed by atoms with Gasteiger partial charge in [0.15, 0.2) is 0 Å². The number of piperidine rings is 1. The highest BCUT2D eigenvalue weighted by molar-refractivity contribution is 4.90. The van der Waals surface area contributed by atoms with Crippen molar-refractivity contribution in [3.05, 3.63) is 0 Å². The molecule has 0 N–H and O–H groups in total. The summed E-state index contributed by atoms with van der Waals surface area (Å²) in [4.78, 5) is 5.23. The molecule has 2 saturated heterocycles. The third-order valence-electron chi connectivity index (χ3n) is 5.08. The monoisotopic (exact) mass is 254 g/mol. The van der Waals surface area contributed by atoms with E-state index in [-0.39, 0.29) is 0 Å². The minimum Gasteiger partial charge on any atom is -0.379 e. The Morgan fingerprint density at radius 3 is 2.39 bits per heavy atom. The molecule has 2 fully saturated rings. The van der Waals surface area contributed by atoms with Gasteiger partial charge in [-0.15, -0.1) is 0 Å². The van der Waals surface area contributed by atoms with E-state index in [1.54, 1.807) is 0 Å². The van der Waals surface area contributed by atoms with Crippen molar-refractivity contribution in [2.75, 3.05) is 39.8 Å². The Hall–Kier alpha value is -0.120. The zero-order valence-corrected chi connectivity index (χ0v) is 12.6. The third-order valence-corrected chi connectivity index (χ3v) is 5.08. The summed E-state index contributed by atoms with van der Waals surface area (Å²) in [6, 6.07) is 0.761. The summed E-state index contributed by atoms with van der Waals surface area (Å²) >= 11 is 0. The molecule has 0 bridgehead atoms. The molecular formula is C15H30N2O.